The van der Waals surface area contributed by atoms with Gasteiger partial charge in [-0.3, -0.25) is 0 Å². The van der Waals surface area contributed by atoms with Crippen molar-refractivity contribution in [2.75, 3.05) is 0 Å². The Balaban J connectivity index is 2.61. The molecule has 1 aromatic rings. The van der Waals surface area contributed by atoms with E-state index in [1.165, 1.54) is 0 Å². The second-order valence-electron chi connectivity index (χ2n) is 5.36. The number of alkyl halides is 3. The number of esters is 1. The lowest BCUT2D eigenvalue weighted by Crippen LogP contribution is -2.34. The summed E-state index contributed by atoms with van der Waals surface area (Å²) >= 11 is 0. The van der Waals surface area contributed by atoms with E-state index >= 15 is 0 Å². The van der Waals surface area contributed by atoms with Crippen molar-refractivity contribution in [2.24, 2.45) is 9.98 Å². The zero-order chi connectivity index (χ0) is 16.7. The van der Waals surface area contributed by atoms with Gasteiger partial charge in [0, 0.05) is 0 Å². The number of rotatable bonds is 2. The molecule has 9 heteroatoms. The number of carbonyl (C=O) groups is 2. The third kappa shape index (κ3) is 3.60. The molecule has 0 unspecified atom stereocenters. The van der Waals surface area contributed by atoms with Crippen LogP contribution in [0, 0.1) is 0 Å². The number of hydrogen-bond donors (Lipinski definition) is 0. The minimum atomic E-state index is -5.01. The maximum atomic E-state index is 12.5. The summed E-state index contributed by atoms with van der Waals surface area (Å²) in [7, 11) is 0. The number of fused-ring (bicyclic) bond motifs is 1. The van der Waals surface area contributed by atoms with Crippen LogP contribution in [-0.2, 0) is 4.74 Å². The molecule has 0 atom stereocenters. The molecule has 1 aliphatic heterocycles. The molecule has 0 aromatic heterocycles. The zero-order valence-corrected chi connectivity index (χ0v) is 11.8. The summed E-state index contributed by atoms with van der Waals surface area (Å²) in [5.41, 5.74) is -1.53. The van der Waals surface area contributed by atoms with Gasteiger partial charge in [-0.25, -0.2) is 9.59 Å². The largest absolute Gasteiger partial charge is 0.573 e. The van der Waals surface area contributed by atoms with Crippen LogP contribution in [0.2, 0.25) is 0 Å². The molecule has 0 saturated carbocycles. The topological polar surface area (TPSA) is 77.3 Å². The van der Waals surface area contributed by atoms with E-state index in [-0.39, 0.29) is 10.7 Å². The number of urea groups is 1. The van der Waals surface area contributed by atoms with Gasteiger partial charge in [0.2, 0.25) is 0 Å². The molecule has 2 amide bonds. The highest BCUT2D eigenvalue weighted by atomic mass is 19.4. The van der Waals surface area contributed by atoms with Crippen LogP contribution in [0.5, 0.6) is 5.75 Å². The van der Waals surface area contributed by atoms with Gasteiger partial charge in [0.25, 0.3) is 0 Å². The maximum Gasteiger partial charge on any atom is 0.573 e. The van der Waals surface area contributed by atoms with Crippen LogP contribution in [0.25, 0.3) is 0 Å². The molecule has 0 spiro atoms. The molecule has 22 heavy (non-hydrogen) atoms. The first-order valence-electron chi connectivity index (χ1n) is 6.10. The van der Waals surface area contributed by atoms with Crippen molar-refractivity contribution >= 4 is 12.0 Å². The van der Waals surface area contributed by atoms with Crippen molar-refractivity contribution in [3.8, 4) is 5.75 Å². The standard InChI is InChI=1S/C13H11F3N2O4/c1-12(2,3)22-10(19)8-7(21-13(14,15)16)5-4-6-9(8)18-11(20)17-6/h4-5H,1-3H3. The first-order valence-corrected chi connectivity index (χ1v) is 6.10. The highest BCUT2D eigenvalue weighted by Gasteiger charge is 2.35. The minimum Gasteiger partial charge on any atom is -0.456 e. The fourth-order valence-corrected chi connectivity index (χ4v) is 1.72. The van der Waals surface area contributed by atoms with Crippen LogP contribution in [0.3, 0.4) is 0 Å². The van der Waals surface area contributed by atoms with E-state index in [0.29, 0.717) is 0 Å². The molecule has 6 nitrogen and oxygen atoms in total. The molecular weight excluding hydrogens is 305 g/mol. The van der Waals surface area contributed by atoms with Crippen LogP contribution in [0.4, 0.5) is 18.0 Å². The smallest absolute Gasteiger partial charge is 0.456 e. The monoisotopic (exact) mass is 316 g/mol. The second-order valence-corrected chi connectivity index (χ2v) is 5.36. The SMILES string of the molecule is CC(C)(C)OC(=O)c1c(OC(F)(F)F)ccc2c1=NC(=O)N=2. The van der Waals surface area contributed by atoms with Crippen molar-refractivity contribution < 1.29 is 32.2 Å². The summed E-state index contributed by atoms with van der Waals surface area (Å²) < 4.78 is 46.2. The summed E-state index contributed by atoms with van der Waals surface area (Å²) in [5.74, 6) is -1.88. The predicted octanol–water partition coefficient (Wildman–Crippen LogP) is 1.91. The van der Waals surface area contributed by atoms with E-state index in [0.717, 1.165) is 12.1 Å². The highest BCUT2D eigenvalue weighted by molar-refractivity contribution is 5.93. The summed E-state index contributed by atoms with van der Waals surface area (Å²) in [6, 6.07) is 1.09. The summed E-state index contributed by atoms with van der Waals surface area (Å²) in [4.78, 5) is 30.3. The summed E-state index contributed by atoms with van der Waals surface area (Å²) in [5, 5.41) is -0.304. The van der Waals surface area contributed by atoms with Gasteiger partial charge < -0.3 is 9.47 Å². The number of halogens is 3. The lowest BCUT2D eigenvalue weighted by Gasteiger charge is -2.20. The number of hydrogen-bond acceptors (Lipinski definition) is 4. The molecule has 118 valence electrons. The normalized spacial score (nSPS) is 14.0. The number of nitrogens with zero attached hydrogens (tertiary/aromatic N) is 2. The summed E-state index contributed by atoms with van der Waals surface area (Å²) in [6.07, 6.45) is -5.01. The second kappa shape index (κ2) is 5.08. The Labute approximate surface area is 122 Å². The van der Waals surface area contributed by atoms with Crippen molar-refractivity contribution in [2.45, 2.75) is 32.7 Å². The molecule has 1 aromatic carbocycles. The molecule has 0 N–H and O–H groups in total. The quantitative estimate of drug-likeness (QED) is 0.781. The van der Waals surface area contributed by atoms with Crippen molar-refractivity contribution in [3.63, 3.8) is 0 Å². The van der Waals surface area contributed by atoms with E-state index in [2.05, 4.69) is 14.7 Å². The van der Waals surface area contributed by atoms with Gasteiger partial charge in [-0.05, 0) is 32.9 Å². The molecule has 0 bridgehead atoms. The van der Waals surface area contributed by atoms with E-state index in [1.807, 2.05) is 0 Å². The average Bonchev–Trinajstić information content (AvgIpc) is 2.64. The number of benzene rings is 1. The Morgan fingerprint density at radius 3 is 2.32 bits per heavy atom. The number of carbonyl (C=O) groups excluding carboxylic acids is 2. The van der Waals surface area contributed by atoms with Crippen LogP contribution >= 0.6 is 0 Å². The maximum absolute atomic E-state index is 12.5. The van der Waals surface area contributed by atoms with Crippen LogP contribution < -0.4 is 15.5 Å². The third-order valence-corrected chi connectivity index (χ3v) is 2.37. The van der Waals surface area contributed by atoms with Crippen molar-refractivity contribution in [1.82, 2.24) is 0 Å². The molecule has 2 rings (SSSR count). The molecule has 1 aliphatic rings. The Kier molecular flexibility index (Phi) is 3.68. The van der Waals surface area contributed by atoms with Gasteiger partial charge in [0.15, 0.2) is 0 Å². The van der Waals surface area contributed by atoms with Gasteiger partial charge in [0.1, 0.15) is 22.3 Å². The molecule has 0 saturated heterocycles. The Morgan fingerprint density at radius 2 is 1.77 bits per heavy atom. The zero-order valence-electron chi connectivity index (χ0n) is 11.8. The van der Waals surface area contributed by atoms with Crippen LogP contribution in [0.15, 0.2) is 22.1 Å². The van der Waals surface area contributed by atoms with Gasteiger partial charge >= 0.3 is 18.4 Å². The van der Waals surface area contributed by atoms with E-state index in [1.54, 1.807) is 20.8 Å². The van der Waals surface area contributed by atoms with Gasteiger partial charge in [-0.2, -0.15) is 9.98 Å². The first-order chi connectivity index (χ1) is 9.96. The van der Waals surface area contributed by atoms with Crippen LogP contribution in [-0.4, -0.2) is 24.0 Å². The minimum absolute atomic E-state index is 0.0135. The molecule has 0 aliphatic carbocycles. The van der Waals surface area contributed by atoms with Crippen molar-refractivity contribution in [3.05, 3.63) is 28.4 Å². The Hall–Kier alpha value is -2.45. The molecule has 0 fully saturated rings. The van der Waals surface area contributed by atoms with E-state index in [4.69, 9.17) is 4.74 Å². The fourth-order valence-electron chi connectivity index (χ4n) is 1.72. The molecule has 1 heterocycles. The predicted molar refractivity (Wildman–Crippen MR) is 66.0 cm³/mol. The molecule has 0 radical (unpaired) electrons. The highest BCUT2D eigenvalue weighted by Crippen LogP contribution is 2.25. The van der Waals surface area contributed by atoms with E-state index < -0.39 is 35.3 Å². The third-order valence-electron chi connectivity index (χ3n) is 2.37. The Bertz CT molecular complexity index is 763. The Morgan fingerprint density at radius 1 is 1.14 bits per heavy atom. The number of amides is 2. The average molecular weight is 316 g/mol. The lowest BCUT2D eigenvalue weighted by molar-refractivity contribution is -0.274. The summed E-state index contributed by atoms with van der Waals surface area (Å²) in [6.45, 7) is 4.64. The molecular formula is C13H11F3N2O4. The van der Waals surface area contributed by atoms with Gasteiger partial charge in [-0.1, -0.05) is 0 Å². The van der Waals surface area contributed by atoms with Gasteiger partial charge in [-0.15, -0.1) is 13.2 Å². The first kappa shape index (κ1) is 15.9. The number of ether oxygens (including phenoxy) is 2. The van der Waals surface area contributed by atoms with Crippen LogP contribution in [0.1, 0.15) is 31.1 Å². The fraction of sp³-hybridized carbons (Fsp3) is 0.385. The lowest BCUT2D eigenvalue weighted by atomic mass is 10.1. The van der Waals surface area contributed by atoms with Gasteiger partial charge in [0.05, 0.1) is 5.36 Å². The van der Waals surface area contributed by atoms with Crippen molar-refractivity contribution in [1.29, 1.82) is 0 Å². The van der Waals surface area contributed by atoms with E-state index in [9.17, 15) is 22.8 Å².